The molecule has 0 heterocycles. The van der Waals surface area contributed by atoms with Gasteiger partial charge in [0.25, 0.3) is 0 Å². The molecule has 0 fully saturated rings. The molecule has 7 heavy (non-hydrogen) atoms. The van der Waals surface area contributed by atoms with Crippen molar-refractivity contribution in [3.8, 4) is 0 Å². The average molecular weight is 751 g/mol. The smallest absolute Gasteiger partial charge is 2.00 e. The monoisotopic (exact) mass is 756 g/mol. The van der Waals surface area contributed by atoms with Gasteiger partial charge in [0.2, 0.25) is 0 Å². The SMILES string of the molecule is [Hf].[Hf].[O-2].[O-2].[O-2].[Yb+3].[Yb+3]. The Morgan fingerprint density at radius 3 is 0.429 bits per heavy atom. The summed E-state index contributed by atoms with van der Waals surface area (Å²) >= 11 is 0. The van der Waals surface area contributed by atoms with Crippen molar-refractivity contribution in [2.75, 3.05) is 0 Å². The van der Waals surface area contributed by atoms with E-state index in [1.165, 1.54) is 0 Å². The summed E-state index contributed by atoms with van der Waals surface area (Å²) in [6, 6.07) is 0. The van der Waals surface area contributed by atoms with Crippen LogP contribution in [-0.2, 0) is 68.1 Å². The number of rotatable bonds is 0. The fraction of sp³-hybridized carbons (Fsp3) is 0. The quantitative estimate of drug-likeness (QED) is 0.304. The molecule has 0 aliphatic carbocycles. The van der Waals surface area contributed by atoms with Gasteiger partial charge in [-0.25, -0.2) is 0 Å². The molecule has 0 N–H and O–H groups in total. The van der Waals surface area contributed by atoms with Crippen LogP contribution in [0, 0.1) is 93.8 Å². The van der Waals surface area contributed by atoms with E-state index in [1.54, 1.807) is 0 Å². The number of hydrogen-bond acceptors (Lipinski definition) is 0. The van der Waals surface area contributed by atoms with Crippen molar-refractivity contribution in [3.05, 3.63) is 0 Å². The minimum absolute atomic E-state index is 0. The largest absolute Gasteiger partial charge is 3.00 e. The molecule has 0 rings (SSSR count). The van der Waals surface area contributed by atoms with Crippen LogP contribution in [0.5, 0.6) is 0 Å². The molecule has 0 unspecified atom stereocenters. The molecule has 0 aromatic carbocycles. The second kappa shape index (κ2) is 45.8. The summed E-state index contributed by atoms with van der Waals surface area (Å²) in [5.41, 5.74) is 0. The summed E-state index contributed by atoms with van der Waals surface area (Å²) in [5.74, 6) is 0. The minimum Gasteiger partial charge on any atom is -2.00 e. The first-order chi connectivity index (χ1) is 0. The van der Waals surface area contributed by atoms with Gasteiger partial charge in [0.15, 0.2) is 0 Å². The summed E-state index contributed by atoms with van der Waals surface area (Å²) in [4.78, 5) is 0. The zero-order valence-corrected chi connectivity index (χ0v) is 13.4. The third-order valence-electron chi connectivity index (χ3n) is 0. The summed E-state index contributed by atoms with van der Waals surface area (Å²) in [6.07, 6.45) is 0. The van der Waals surface area contributed by atoms with Gasteiger partial charge >= 0.3 is 93.8 Å². The van der Waals surface area contributed by atoms with Crippen molar-refractivity contribution in [1.82, 2.24) is 0 Å². The van der Waals surface area contributed by atoms with Gasteiger partial charge in [-0.3, -0.25) is 0 Å². The molecular weight excluding hydrogens is 751 g/mol. The Labute approximate surface area is 157 Å². The first-order valence-electron chi connectivity index (χ1n) is 0. The maximum absolute atomic E-state index is 0. The van der Waals surface area contributed by atoms with Crippen molar-refractivity contribution in [2.45, 2.75) is 0 Å². The molecule has 0 amide bonds. The summed E-state index contributed by atoms with van der Waals surface area (Å²) in [6.45, 7) is 0. The van der Waals surface area contributed by atoms with E-state index in [0.717, 1.165) is 0 Å². The fourth-order valence-electron chi connectivity index (χ4n) is 0. The van der Waals surface area contributed by atoms with E-state index in [4.69, 9.17) is 0 Å². The van der Waals surface area contributed by atoms with Crippen molar-refractivity contribution in [1.29, 1.82) is 0 Å². The van der Waals surface area contributed by atoms with E-state index in [9.17, 15) is 0 Å². The van der Waals surface area contributed by atoms with E-state index >= 15 is 0 Å². The predicted molar refractivity (Wildman–Crippen MR) is 2.06 cm³/mol. The first kappa shape index (κ1) is 61.0. The zero-order chi connectivity index (χ0) is 0. The molecule has 3 nitrogen and oxygen atoms in total. The van der Waals surface area contributed by atoms with Crippen LogP contribution in [0.3, 0.4) is 0 Å². The predicted octanol–water partition coefficient (Wildman–Crippen LogP) is -0.361. The summed E-state index contributed by atoms with van der Waals surface area (Å²) in [5, 5.41) is 0. The van der Waals surface area contributed by atoms with Gasteiger partial charge in [0, 0.05) is 51.7 Å². The summed E-state index contributed by atoms with van der Waals surface area (Å²) in [7, 11) is 0. The molecular formula is Hf2O3Yb2. The topological polar surface area (TPSA) is 85.5 Å². The van der Waals surface area contributed by atoms with Crippen LogP contribution in [0.1, 0.15) is 0 Å². The molecule has 0 saturated carbocycles. The second-order valence-corrected chi connectivity index (χ2v) is 0. The van der Waals surface area contributed by atoms with Gasteiger partial charge in [-0.2, -0.15) is 0 Å². The Balaban J connectivity index is 0. The van der Waals surface area contributed by atoms with Gasteiger partial charge in [-0.05, 0) is 0 Å². The number of hydrogen-bond donors (Lipinski definition) is 0. The Hall–Kier alpha value is 4.66. The Morgan fingerprint density at radius 1 is 0.429 bits per heavy atom. The fourth-order valence-corrected chi connectivity index (χ4v) is 0. The molecule has 0 aliphatic heterocycles. The van der Waals surface area contributed by atoms with Crippen LogP contribution in [0.2, 0.25) is 0 Å². The van der Waals surface area contributed by atoms with Crippen LogP contribution in [0.4, 0.5) is 0 Å². The van der Waals surface area contributed by atoms with Gasteiger partial charge in [-0.1, -0.05) is 0 Å². The van der Waals surface area contributed by atoms with Crippen molar-refractivity contribution in [2.24, 2.45) is 0 Å². The van der Waals surface area contributed by atoms with Crippen LogP contribution in [0.25, 0.3) is 0 Å². The van der Waals surface area contributed by atoms with E-state index in [-0.39, 0.29) is 162 Å². The molecule has 54 valence electrons. The van der Waals surface area contributed by atoms with Gasteiger partial charge in [-0.15, -0.1) is 0 Å². The molecule has 0 atom stereocenters. The van der Waals surface area contributed by atoms with E-state index in [1.807, 2.05) is 0 Å². The normalized spacial score (nSPS) is 0. The van der Waals surface area contributed by atoms with Crippen LogP contribution < -0.4 is 0 Å². The third-order valence-corrected chi connectivity index (χ3v) is 0. The van der Waals surface area contributed by atoms with Gasteiger partial charge < -0.3 is 16.4 Å². The van der Waals surface area contributed by atoms with Crippen LogP contribution >= 0.6 is 0 Å². The van der Waals surface area contributed by atoms with Gasteiger partial charge in [0.05, 0.1) is 0 Å². The van der Waals surface area contributed by atoms with E-state index < -0.39 is 0 Å². The minimum atomic E-state index is 0. The average Bonchev–Trinajstić information content (AvgIpc) is 0. The Morgan fingerprint density at radius 2 is 0.429 bits per heavy atom. The second-order valence-electron chi connectivity index (χ2n) is 0. The summed E-state index contributed by atoms with van der Waals surface area (Å²) < 4.78 is 0. The molecule has 0 bridgehead atoms. The zero-order valence-electron chi connectivity index (χ0n) is 2.76. The molecule has 0 aromatic rings. The Kier molecular flexibility index (Phi) is 399. The van der Waals surface area contributed by atoms with E-state index in [2.05, 4.69) is 0 Å². The van der Waals surface area contributed by atoms with Crippen LogP contribution in [-0.4, -0.2) is 0 Å². The molecule has 0 aliphatic rings. The first-order valence-corrected chi connectivity index (χ1v) is 0. The standard InChI is InChI=1S/2Hf.3O.2Yb/q;;3*-2;2*+3. The molecule has 0 spiro atoms. The maximum atomic E-state index is 0. The molecule has 0 saturated heterocycles. The molecule has 0 aromatic heterocycles. The van der Waals surface area contributed by atoms with E-state index in [0.29, 0.717) is 0 Å². The van der Waals surface area contributed by atoms with Crippen molar-refractivity contribution in [3.63, 3.8) is 0 Å². The Bertz CT molecular complexity index is 10.9. The molecule has 7 heteroatoms. The van der Waals surface area contributed by atoms with Crippen molar-refractivity contribution >= 4 is 0 Å². The van der Waals surface area contributed by atoms with Gasteiger partial charge in [0.1, 0.15) is 0 Å². The maximum Gasteiger partial charge on any atom is 3.00 e. The van der Waals surface area contributed by atoms with Crippen molar-refractivity contribution < 1.29 is 162 Å². The third kappa shape index (κ3) is 36.8. The van der Waals surface area contributed by atoms with Crippen LogP contribution in [0.15, 0.2) is 0 Å². The molecule has 2 radical (unpaired) electrons.